The van der Waals surface area contributed by atoms with E-state index < -0.39 is 5.63 Å². The molecule has 5 heteroatoms. The first kappa shape index (κ1) is 15.5. The van der Waals surface area contributed by atoms with Gasteiger partial charge in [0.05, 0.1) is 5.69 Å². The van der Waals surface area contributed by atoms with Crippen molar-refractivity contribution in [3.8, 4) is 0 Å². The first-order chi connectivity index (χ1) is 11.1. The molecule has 0 radical (unpaired) electrons. The number of fused-ring (bicyclic) bond motifs is 1. The quantitative estimate of drug-likeness (QED) is 0.584. The third kappa shape index (κ3) is 2.47. The Kier molecular flexibility index (Phi) is 4.05. The second-order valence-corrected chi connectivity index (χ2v) is 6.08. The highest BCUT2D eigenvalue weighted by atomic mass is 32.1. The molecule has 0 saturated carbocycles. The van der Waals surface area contributed by atoms with Gasteiger partial charge in [0.2, 0.25) is 5.78 Å². The Morgan fingerprint density at radius 1 is 1.22 bits per heavy atom. The van der Waals surface area contributed by atoms with Crippen molar-refractivity contribution in [1.29, 1.82) is 0 Å². The lowest BCUT2D eigenvalue weighted by Gasteiger charge is -2.13. The average Bonchev–Trinajstić information content (AvgIpc) is 3.08. The van der Waals surface area contributed by atoms with Crippen LogP contribution in [0.15, 0.2) is 38.2 Å². The third-order valence-electron chi connectivity index (χ3n) is 4.06. The topological polar surface area (TPSA) is 73.3 Å². The number of nitrogens with two attached hydrogens (primary N) is 1. The molecule has 3 aromatic rings. The molecule has 2 aromatic heterocycles. The zero-order valence-electron chi connectivity index (χ0n) is 13.0. The van der Waals surface area contributed by atoms with Crippen LogP contribution in [-0.4, -0.2) is 5.78 Å². The van der Waals surface area contributed by atoms with Crippen molar-refractivity contribution in [2.24, 2.45) is 0 Å². The molecule has 3 rings (SSSR count). The van der Waals surface area contributed by atoms with Crippen molar-refractivity contribution in [2.45, 2.75) is 26.7 Å². The number of hydrogen-bond acceptors (Lipinski definition) is 5. The van der Waals surface area contributed by atoms with E-state index in [-0.39, 0.29) is 17.0 Å². The molecular weight excluding hydrogens is 310 g/mol. The van der Waals surface area contributed by atoms with Gasteiger partial charge >= 0.3 is 5.63 Å². The summed E-state index contributed by atoms with van der Waals surface area (Å²) in [5, 5.41) is 4.18. The maximum Gasteiger partial charge on any atom is 0.349 e. The first-order valence-corrected chi connectivity index (χ1v) is 8.46. The Morgan fingerprint density at radius 2 is 2.00 bits per heavy atom. The number of anilines is 1. The zero-order valence-corrected chi connectivity index (χ0v) is 13.8. The number of nitrogen functional groups attached to an aromatic ring is 1. The van der Waals surface area contributed by atoms with E-state index in [9.17, 15) is 9.59 Å². The summed E-state index contributed by atoms with van der Waals surface area (Å²) in [4.78, 5) is 24.9. The van der Waals surface area contributed by atoms with Crippen LogP contribution in [0.5, 0.6) is 0 Å². The number of aryl methyl sites for hydroxylation is 2. The molecule has 118 valence electrons. The van der Waals surface area contributed by atoms with Crippen molar-refractivity contribution in [2.75, 3.05) is 5.73 Å². The van der Waals surface area contributed by atoms with Gasteiger partial charge in [0, 0.05) is 16.3 Å². The van der Waals surface area contributed by atoms with E-state index in [0.717, 1.165) is 24.0 Å². The SMILES string of the molecule is CCc1ccc2oc(=O)c(C(=O)c3ccsc3)c(N)c2c1CC. The summed E-state index contributed by atoms with van der Waals surface area (Å²) in [5.74, 6) is -0.386. The van der Waals surface area contributed by atoms with Crippen molar-refractivity contribution in [3.63, 3.8) is 0 Å². The van der Waals surface area contributed by atoms with Crippen LogP contribution in [0, 0.1) is 0 Å². The zero-order chi connectivity index (χ0) is 16.6. The summed E-state index contributed by atoms with van der Waals surface area (Å²) in [6.45, 7) is 4.09. The Hall–Kier alpha value is -2.40. The van der Waals surface area contributed by atoms with Crippen LogP contribution in [-0.2, 0) is 12.8 Å². The van der Waals surface area contributed by atoms with E-state index in [4.69, 9.17) is 10.2 Å². The second-order valence-electron chi connectivity index (χ2n) is 5.30. The lowest BCUT2D eigenvalue weighted by atomic mass is 9.95. The third-order valence-corrected chi connectivity index (χ3v) is 4.75. The number of carbonyl (C=O) groups excluding carboxylic acids is 1. The van der Waals surface area contributed by atoms with Crippen molar-refractivity contribution < 1.29 is 9.21 Å². The van der Waals surface area contributed by atoms with E-state index >= 15 is 0 Å². The highest BCUT2D eigenvalue weighted by molar-refractivity contribution is 7.08. The number of hydrogen-bond donors (Lipinski definition) is 1. The van der Waals surface area contributed by atoms with Gasteiger partial charge in [-0.05, 0) is 41.5 Å². The predicted octanol–water partition coefficient (Wildman–Crippen LogP) is 3.79. The number of thiophene rings is 1. The van der Waals surface area contributed by atoms with E-state index in [1.54, 1.807) is 22.9 Å². The lowest BCUT2D eigenvalue weighted by molar-refractivity contribution is 0.103. The molecule has 0 unspecified atom stereocenters. The van der Waals surface area contributed by atoms with Crippen LogP contribution in [0.1, 0.15) is 40.9 Å². The van der Waals surface area contributed by atoms with Crippen LogP contribution in [0.3, 0.4) is 0 Å². The summed E-state index contributed by atoms with van der Waals surface area (Å²) in [6, 6.07) is 5.38. The monoisotopic (exact) mass is 327 g/mol. The molecule has 0 fully saturated rings. The maximum atomic E-state index is 12.6. The van der Waals surface area contributed by atoms with Crippen molar-refractivity contribution in [3.05, 3.63) is 61.6 Å². The van der Waals surface area contributed by atoms with Gasteiger partial charge in [0.1, 0.15) is 11.1 Å². The van der Waals surface area contributed by atoms with Gasteiger partial charge in [-0.15, -0.1) is 0 Å². The van der Waals surface area contributed by atoms with E-state index in [1.807, 2.05) is 13.0 Å². The van der Waals surface area contributed by atoms with Gasteiger partial charge in [-0.2, -0.15) is 11.3 Å². The molecule has 0 bridgehead atoms. The fourth-order valence-corrected chi connectivity index (χ4v) is 3.56. The molecule has 0 atom stereocenters. The summed E-state index contributed by atoms with van der Waals surface area (Å²) in [5.41, 5.74) is 8.79. The van der Waals surface area contributed by atoms with Gasteiger partial charge in [-0.25, -0.2) is 4.79 Å². The number of rotatable bonds is 4. The Balaban J connectivity index is 2.36. The minimum Gasteiger partial charge on any atom is -0.422 e. The van der Waals surface area contributed by atoms with Gasteiger partial charge in [-0.3, -0.25) is 4.79 Å². The van der Waals surface area contributed by atoms with Gasteiger partial charge in [0.15, 0.2) is 0 Å². The molecule has 0 amide bonds. The Morgan fingerprint density at radius 3 is 2.61 bits per heavy atom. The smallest absolute Gasteiger partial charge is 0.349 e. The van der Waals surface area contributed by atoms with Gasteiger partial charge in [0.25, 0.3) is 0 Å². The van der Waals surface area contributed by atoms with Crippen LogP contribution in [0.2, 0.25) is 0 Å². The summed E-state index contributed by atoms with van der Waals surface area (Å²) in [6.07, 6.45) is 1.61. The lowest BCUT2D eigenvalue weighted by Crippen LogP contribution is -2.18. The van der Waals surface area contributed by atoms with E-state index in [2.05, 4.69) is 6.92 Å². The molecule has 0 aliphatic rings. The molecule has 2 N–H and O–H groups in total. The second kappa shape index (κ2) is 6.01. The number of ketones is 1. The predicted molar refractivity (Wildman–Crippen MR) is 93.4 cm³/mol. The fraction of sp³-hybridized carbons (Fsp3) is 0.222. The normalized spacial score (nSPS) is 11.0. The number of carbonyl (C=O) groups is 1. The largest absolute Gasteiger partial charge is 0.422 e. The van der Waals surface area contributed by atoms with E-state index in [0.29, 0.717) is 16.5 Å². The standard InChI is InChI=1S/C18H17NO3S/c1-3-10-5-6-13-14(12(10)4-2)16(19)15(18(21)22-13)17(20)11-7-8-23-9-11/h5-9H,3-4,19H2,1-2H3. The summed E-state index contributed by atoms with van der Waals surface area (Å²) in [7, 11) is 0. The molecule has 0 aliphatic carbocycles. The highest BCUT2D eigenvalue weighted by Gasteiger charge is 2.22. The minimum absolute atomic E-state index is 0.0705. The highest BCUT2D eigenvalue weighted by Crippen LogP contribution is 2.30. The molecule has 2 heterocycles. The van der Waals surface area contributed by atoms with Gasteiger partial charge < -0.3 is 10.2 Å². The summed E-state index contributed by atoms with van der Waals surface area (Å²) >= 11 is 1.40. The van der Waals surface area contributed by atoms with Crippen LogP contribution >= 0.6 is 11.3 Å². The molecular formula is C18H17NO3S. The van der Waals surface area contributed by atoms with E-state index in [1.165, 1.54) is 11.3 Å². The summed E-state index contributed by atoms with van der Waals surface area (Å²) < 4.78 is 5.38. The molecule has 0 aliphatic heterocycles. The first-order valence-electron chi connectivity index (χ1n) is 7.52. The minimum atomic E-state index is -0.683. The maximum absolute atomic E-state index is 12.6. The van der Waals surface area contributed by atoms with Crippen LogP contribution in [0.4, 0.5) is 5.69 Å². The average molecular weight is 327 g/mol. The molecule has 23 heavy (non-hydrogen) atoms. The molecule has 1 aromatic carbocycles. The molecule has 0 saturated heterocycles. The molecule has 4 nitrogen and oxygen atoms in total. The Bertz CT molecular complexity index is 939. The van der Waals surface area contributed by atoms with Gasteiger partial charge in [-0.1, -0.05) is 19.9 Å². The Labute approximate surface area is 137 Å². The number of benzene rings is 1. The van der Waals surface area contributed by atoms with Crippen molar-refractivity contribution >= 4 is 33.8 Å². The van der Waals surface area contributed by atoms with Crippen LogP contribution in [0.25, 0.3) is 11.0 Å². The molecule has 0 spiro atoms. The fourth-order valence-electron chi connectivity index (χ4n) is 2.92. The van der Waals surface area contributed by atoms with Crippen molar-refractivity contribution in [1.82, 2.24) is 0 Å². The van der Waals surface area contributed by atoms with Crippen LogP contribution < -0.4 is 11.4 Å².